The zero-order valence-electron chi connectivity index (χ0n) is 9.74. The molecule has 0 aliphatic carbocycles. The van der Waals surface area contributed by atoms with Gasteiger partial charge in [-0.15, -0.1) is 0 Å². The van der Waals surface area contributed by atoms with Gasteiger partial charge in [0.1, 0.15) is 11.9 Å². The van der Waals surface area contributed by atoms with Crippen molar-refractivity contribution in [3.05, 3.63) is 29.3 Å². The van der Waals surface area contributed by atoms with Crippen LogP contribution in [-0.2, 0) is 11.3 Å². The number of aryl methyl sites for hydroxylation is 1. The minimum Gasteiger partial charge on any atom is -0.490 e. The Morgan fingerprint density at radius 1 is 1.38 bits per heavy atom. The van der Waals surface area contributed by atoms with Gasteiger partial charge in [0.05, 0.1) is 13.2 Å². The van der Waals surface area contributed by atoms with Crippen LogP contribution in [0, 0.1) is 6.92 Å². The average molecular weight is 221 g/mol. The number of hydrogen-bond donors (Lipinski definition) is 1. The third kappa shape index (κ3) is 2.74. The predicted octanol–water partition coefficient (Wildman–Crippen LogP) is 2.01. The van der Waals surface area contributed by atoms with Crippen molar-refractivity contribution in [2.24, 2.45) is 5.73 Å². The summed E-state index contributed by atoms with van der Waals surface area (Å²) in [7, 11) is 0. The first-order valence-corrected chi connectivity index (χ1v) is 5.83. The molecule has 2 rings (SSSR count). The van der Waals surface area contributed by atoms with Gasteiger partial charge in [-0.05, 0) is 18.6 Å². The fraction of sp³-hybridized carbons (Fsp3) is 0.538. The lowest BCUT2D eigenvalue weighted by Gasteiger charge is -2.24. The Morgan fingerprint density at radius 2 is 2.12 bits per heavy atom. The summed E-state index contributed by atoms with van der Waals surface area (Å²) in [4.78, 5) is 0. The molecule has 2 N–H and O–H groups in total. The van der Waals surface area contributed by atoms with Gasteiger partial charge in [0.15, 0.2) is 0 Å². The van der Waals surface area contributed by atoms with Gasteiger partial charge in [-0.3, -0.25) is 0 Å². The highest BCUT2D eigenvalue weighted by atomic mass is 16.5. The summed E-state index contributed by atoms with van der Waals surface area (Å²) in [5.74, 6) is 0.939. The summed E-state index contributed by atoms with van der Waals surface area (Å²) in [6.07, 6.45) is 2.22. The van der Waals surface area contributed by atoms with Crippen LogP contribution in [0.1, 0.15) is 24.0 Å². The molecule has 1 saturated heterocycles. The van der Waals surface area contributed by atoms with Gasteiger partial charge in [-0.2, -0.15) is 0 Å². The molecule has 1 heterocycles. The van der Waals surface area contributed by atoms with Crippen molar-refractivity contribution < 1.29 is 9.47 Å². The Morgan fingerprint density at radius 3 is 2.81 bits per heavy atom. The van der Waals surface area contributed by atoms with Crippen LogP contribution >= 0.6 is 0 Å². The van der Waals surface area contributed by atoms with Crippen molar-refractivity contribution in [3.63, 3.8) is 0 Å². The Bertz CT molecular complexity index is 346. The van der Waals surface area contributed by atoms with E-state index in [4.69, 9.17) is 15.2 Å². The maximum atomic E-state index is 6.00. The first-order chi connectivity index (χ1) is 7.79. The van der Waals surface area contributed by atoms with Gasteiger partial charge in [0, 0.05) is 24.9 Å². The minimum absolute atomic E-state index is 0.279. The predicted molar refractivity (Wildman–Crippen MR) is 63.5 cm³/mol. The second-order valence-corrected chi connectivity index (χ2v) is 4.24. The zero-order valence-corrected chi connectivity index (χ0v) is 9.74. The number of benzene rings is 1. The number of hydrogen-bond acceptors (Lipinski definition) is 3. The topological polar surface area (TPSA) is 44.5 Å². The van der Waals surface area contributed by atoms with E-state index in [1.54, 1.807) is 0 Å². The molecular formula is C13H19NO2. The molecular weight excluding hydrogens is 202 g/mol. The first kappa shape index (κ1) is 11.4. The average Bonchev–Trinajstić information content (AvgIpc) is 2.31. The van der Waals surface area contributed by atoms with E-state index < -0.39 is 0 Å². The Hall–Kier alpha value is -1.06. The Balaban J connectivity index is 2.09. The molecule has 16 heavy (non-hydrogen) atoms. The summed E-state index contributed by atoms with van der Waals surface area (Å²) in [6.45, 7) is 4.19. The van der Waals surface area contributed by atoms with E-state index in [1.165, 1.54) is 5.56 Å². The van der Waals surface area contributed by atoms with Crippen LogP contribution in [0.15, 0.2) is 18.2 Å². The molecule has 1 fully saturated rings. The molecule has 1 aliphatic rings. The monoisotopic (exact) mass is 221 g/mol. The highest BCUT2D eigenvalue weighted by molar-refractivity contribution is 5.37. The van der Waals surface area contributed by atoms with E-state index in [2.05, 4.69) is 19.1 Å². The highest BCUT2D eigenvalue weighted by Gasteiger charge is 2.16. The smallest absolute Gasteiger partial charge is 0.124 e. The van der Waals surface area contributed by atoms with E-state index in [-0.39, 0.29) is 6.10 Å². The molecule has 0 saturated carbocycles. The van der Waals surface area contributed by atoms with Crippen LogP contribution in [0.4, 0.5) is 0 Å². The van der Waals surface area contributed by atoms with Crippen molar-refractivity contribution in [2.75, 3.05) is 13.2 Å². The van der Waals surface area contributed by atoms with Crippen LogP contribution in [0.5, 0.6) is 5.75 Å². The third-order valence-electron chi connectivity index (χ3n) is 2.90. The summed E-state index contributed by atoms with van der Waals surface area (Å²) in [5.41, 5.74) is 7.99. The summed E-state index contributed by atoms with van der Waals surface area (Å²) in [6, 6.07) is 6.18. The van der Waals surface area contributed by atoms with Crippen LogP contribution in [0.25, 0.3) is 0 Å². The zero-order chi connectivity index (χ0) is 11.4. The molecule has 0 spiro atoms. The van der Waals surface area contributed by atoms with Crippen molar-refractivity contribution in [1.29, 1.82) is 0 Å². The molecule has 0 atom stereocenters. The van der Waals surface area contributed by atoms with E-state index in [1.807, 2.05) is 6.07 Å². The molecule has 0 amide bonds. The van der Waals surface area contributed by atoms with Crippen LogP contribution in [0.3, 0.4) is 0 Å². The molecule has 0 aromatic heterocycles. The summed E-state index contributed by atoms with van der Waals surface area (Å²) >= 11 is 0. The number of nitrogens with two attached hydrogens (primary N) is 1. The molecule has 3 nitrogen and oxygen atoms in total. The van der Waals surface area contributed by atoms with Gasteiger partial charge >= 0.3 is 0 Å². The second-order valence-electron chi connectivity index (χ2n) is 4.24. The standard InChI is InChI=1S/C13H19NO2/c1-10-2-3-11(9-14)13(8-10)16-12-4-6-15-7-5-12/h2-3,8,12H,4-7,9,14H2,1H3. The van der Waals surface area contributed by atoms with E-state index in [9.17, 15) is 0 Å². The fourth-order valence-electron chi connectivity index (χ4n) is 1.91. The molecule has 0 unspecified atom stereocenters. The lowest BCUT2D eigenvalue weighted by Crippen LogP contribution is -2.26. The van der Waals surface area contributed by atoms with Crippen molar-refractivity contribution in [3.8, 4) is 5.75 Å². The van der Waals surface area contributed by atoms with Gasteiger partial charge in [-0.25, -0.2) is 0 Å². The molecule has 0 bridgehead atoms. The number of ether oxygens (including phenoxy) is 2. The second kappa shape index (κ2) is 5.32. The number of rotatable bonds is 3. The first-order valence-electron chi connectivity index (χ1n) is 5.83. The molecule has 1 aromatic rings. The molecule has 1 aromatic carbocycles. The maximum Gasteiger partial charge on any atom is 0.124 e. The SMILES string of the molecule is Cc1ccc(CN)c(OC2CCOCC2)c1. The van der Waals surface area contributed by atoms with Gasteiger partial charge in [0.2, 0.25) is 0 Å². The Kier molecular flexibility index (Phi) is 3.80. The molecule has 3 heteroatoms. The normalized spacial score (nSPS) is 17.4. The summed E-state index contributed by atoms with van der Waals surface area (Å²) in [5, 5.41) is 0. The molecule has 1 aliphatic heterocycles. The lowest BCUT2D eigenvalue weighted by atomic mass is 10.1. The molecule has 0 radical (unpaired) electrons. The van der Waals surface area contributed by atoms with Crippen molar-refractivity contribution in [2.45, 2.75) is 32.4 Å². The van der Waals surface area contributed by atoms with E-state index >= 15 is 0 Å². The lowest BCUT2D eigenvalue weighted by molar-refractivity contribution is 0.0252. The van der Waals surface area contributed by atoms with E-state index in [0.717, 1.165) is 37.4 Å². The quantitative estimate of drug-likeness (QED) is 0.849. The van der Waals surface area contributed by atoms with Gasteiger partial charge < -0.3 is 15.2 Å². The molecule has 88 valence electrons. The van der Waals surface area contributed by atoms with Gasteiger partial charge in [-0.1, -0.05) is 12.1 Å². The van der Waals surface area contributed by atoms with Gasteiger partial charge in [0.25, 0.3) is 0 Å². The maximum absolute atomic E-state index is 6.00. The van der Waals surface area contributed by atoms with Crippen molar-refractivity contribution in [1.82, 2.24) is 0 Å². The highest BCUT2D eigenvalue weighted by Crippen LogP contribution is 2.23. The van der Waals surface area contributed by atoms with Crippen molar-refractivity contribution >= 4 is 0 Å². The fourth-order valence-corrected chi connectivity index (χ4v) is 1.91. The van der Waals surface area contributed by atoms with Crippen LogP contribution in [0.2, 0.25) is 0 Å². The van der Waals surface area contributed by atoms with Crippen LogP contribution in [-0.4, -0.2) is 19.3 Å². The Labute approximate surface area is 96.5 Å². The van der Waals surface area contributed by atoms with Crippen LogP contribution < -0.4 is 10.5 Å². The summed E-state index contributed by atoms with van der Waals surface area (Å²) < 4.78 is 11.3. The van der Waals surface area contributed by atoms with E-state index in [0.29, 0.717) is 6.54 Å². The minimum atomic E-state index is 0.279. The third-order valence-corrected chi connectivity index (χ3v) is 2.90. The largest absolute Gasteiger partial charge is 0.490 e.